The molecule has 0 aliphatic carbocycles. The molecule has 0 bridgehead atoms. The van der Waals surface area contributed by atoms with E-state index < -0.39 is 0 Å². The molecule has 4 nitrogen and oxygen atoms in total. The van der Waals surface area contributed by atoms with Crippen LogP contribution in [0.5, 0.6) is 11.5 Å². The van der Waals surface area contributed by atoms with E-state index in [4.69, 9.17) is 14.2 Å². The van der Waals surface area contributed by atoms with Crippen molar-refractivity contribution in [3.63, 3.8) is 0 Å². The topological polar surface area (TPSA) is 44.8 Å². The largest absolute Gasteiger partial charge is 0.489 e. The molecule has 0 saturated heterocycles. The summed E-state index contributed by atoms with van der Waals surface area (Å²) in [5.74, 6) is 0.658. The van der Waals surface area contributed by atoms with Crippen molar-refractivity contribution in [2.24, 2.45) is 0 Å². The number of carbonyl (C=O) groups is 1. The van der Waals surface area contributed by atoms with Crippen LogP contribution in [0.4, 0.5) is 0 Å². The van der Waals surface area contributed by atoms with E-state index in [0.717, 1.165) is 10.9 Å². The fourth-order valence-corrected chi connectivity index (χ4v) is 2.02. The van der Waals surface area contributed by atoms with E-state index >= 15 is 0 Å². The maximum absolute atomic E-state index is 11.8. The lowest BCUT2D eigenvalue weighted by atomic mass is 10.2. The van der Waals surface area contributed by atoms with Crippen molar-refractivity contribution >= 4 is 21.9 Å². The summed E-state index contributed by atoms with van der Waals surface area (Å²) in [6.07, 6.45) is 0.795. The molecule has 5 heteroatoms. The Kier molecular flexibility index (Phi) is 3.89. The van der Waals surface area contributed by atoms with Gasteiger partial charge in [0.2, 0.25) is 0 Å². The van der Waals surface area contributed by atoms with Crippen LogP contribution in [0.1, 0.15) is 23.7 Å². The molecule has 0 spiro atoms. The van der Waals surface area contributed by atoms with E-state index in [9.17, 15) is 4.79 Å². The van der Waals surface area contributed by atoms with Gasteiger partial charge in [-0.15, -0.1) is 0 Å². The molecule has 0 N–H and O–H groups in total. The van der Waals surface area contributed by atoms with Crippen molar-refractivity contribution in [2.75, 3.05) is 19.8 Å². The maximum atomic E-state index is 11.8. The van der Waals surface area contributed by atoms with Crippen LogP contribution in [-0.4, -0.2) is 25.8 Å². The highest BCUT2D eigenvalue weighted by Crippen LogP contribution is 2.40. The third-order valence-electron chi connectivity index (χ3n) is 2.34. The average Bonchev–Trinajstić information content (AvgIpc) is 2.56. The van der Waals surface area contributed by atoms with Gasteiger partial charge in [-0.2, -0.15) is 0 Å². The Morgan fingerprint density at radius 3 is 2.76 bits per heavy atom. The lowest BCUT2D eigenvalue weighted by Crippen LogP contribution is -2.08. The molecule has 1 heterocycles. The van der Waals surface area contributed by atoms with Crippen molar-refractivity contribution in [1.29, 1.82) is 0 Å². The zero-order valence-electron chi connectivity index (χ0n) is 9.49. The van der Waals surface area contributed by atoms with Gasteiger partial charge in [-0.25, -0.2) is 4.79 Å². The minimum absolute atomic E-state index is 0.338. The minimum Gasteiger partial charge on any atom is -0.489 e. The zero-order chi connectivity index (χ0) is 12.3. The maximum Gasteiger partial charge on any atom is 0.342 e. The molecule has 0 aromatic heterocycles. The second-order valence-electron chi connectivity index (χ2n) is 3.52. The first-order valence-corrected chi connectivity index (χ1v) is 6.28. The van der Waals surface area contributed by atoms with Gasteiger partial charge in [0.25, 0.3) is 0 Å². The molecule has 1 aromatic carbocycles. The van der Waals surface area contributed by atoms with Crippen LogP contribution in [0.25, 0.3) is 0 Å². The van der Waals surface area contributed by atoms with Gasteiger partial charge in [0.15, 0.2) is 11.5 Å². The summed E-state index contributed by atoms with van der Waals surface area (Å²) in [6, 6.07) is 3.44. The van der Waals surface area contributed by atoms with Crippen LogP contribution in [-0.2, 0) is 4.74 Å². The van der Waals surface area contributed by atoms with Crippen LogP contribution in [0, 0.1) is 0 Å². The van der Waals surface area contributed by atoms with Crippen molar-refractivity contribution < 1.29 is 19.0 Å². The van der Waals surface area contributed by atoms with E-state index in [-0.39, 0.29) is 5.97 Å². The number of hydrogen-bond acceptors (Lipinski definition) is 4. The molecule has 1 aliphatic rings. The van der Waals surface area contributed by atoms with Crippen molar-refractivity contribution in [2.45, 2.75) is 13.3 Å². The summed E-state index contributed by atoms with van der Waals surface area (Å²) in [7, 11) is 0. The average molecular weight is 301 g/mol. The summed E-state index contributed by atoms with van der Waals surface area (Å²) in [6.45, 7) is 3.23. The van der Waals surface area contributed by atoms with Gasteiger partial charge in [0, 0.05) is 6.42 Å². The molecular weight excluding hydrogens is 288 g/mol. The smallest absolute Gasteiger partial charge is 0.342 e. The molecule has 1 aliphatic heterocycles. The third-order valence-corrected chi connectivity index (χ3v) is 2.97. The first-order chi connectivity index (χ1) is 8.24. The standard InChI is InChI=1S/C12H13BrO4/c1-2-15-12(14)8-4-5-9(13)11-10(8)16-6-3-7-17-11/h4-5H,2-3,6-7H2,1H3. The van der Waals surface area contributed by atoms with Gasteiger partial charge in [-0.1, -0.05) is 0 Å². The molecule has 0 atom stereocenters. The van der Waals surface area contributed by atoms with Crippen LogP contribution in [0.2, 0.25) is 0 Å². The third kappa shape index (κ3) is 2.54. The summed E-state index contributed by atoms with van der Waals surface area (Å²) >= 11 is 3.38. The number of rotatable bonds is 2. The van der Waals surface area contributed by atoms with Crippen LogP contribution >= 0.6 is 15.9 Å². The normalized spacial score (nSPS) is 14.0. The Bertz CT molecular complexity index is 431. The van der Waals surface area contributed by atoms with E-state index in [2.05, 4.69) is 15.9 Å². The van der Waals surface area contributed by atoms with Gasteiger partial charge >= 0.3 is 5.97 Å². The molecule has 0 amide bonds. The van der Waals surface area contributed by atoms with Gasteiger partial charge in [-0.3, -0.25) is 0 Å². The Morgan fingerprint density at radius 2 is 2.06 bits per heavy atom. The minimum atomic E-state index is -0.387. The Morgan fingerprint density at radius 1 is 1.35 bits per heavy atom. The molecule has 0 fully saturated rings. The van der Waals surface area contributed by atoms with Gasteiger partial charge in [-0.05, 0) is 35.0 Å². The molecule has 1 aromatic rings. The van der Waals surface area contributed by atoms with Gasteiger partial charge < -0.3 is 14.2 Å². The summed E-state index contributed by atoms with van der Waals surface area (Å²) in [5.41, 5.74) is 0.409. The first-order valence-electron chi connectivity index (χ1n) is 5.49. The van der Waals surface area contributed by atoms with E-state index in [1.165, 1.54) is 0 Å². The second kappa shape index (κ2) is 5.40. The predicted molar refractivity (Wildman–Crippen MR) is 65.7 cm³/mol. The quantitative estimate of drug-likeness (QED) is 0.788. The number of benzene rings is 1. The van der Waals surface area contributed by atoms with Crippen LogP contribution in [0.3, 0.4) is 0 Å². The van der Waals surface area contributed by atoms with E-state index in [1.807, 2.05) is 0 Å². The van der Waals surface area contributed by atoms with Crippen molar-refractivity contribution in [3.05, 3.63) is 22.2 Å². The lowest BCUT2D eigenvalue weighted by molar-refractivity contribution is 0.0521. The number of ether oxygens (including phenoxy) is 3. The second-order valence-corrected chi connectivity index (χ2v) is 4.38. The SMILES string of the molecule is CCOC(=O)c1ccc(Br)c2c1OCCCO2. The number of fused-ring (bicyclic) bond motifs is 1. The van der Waals surface area contributed by atoms with Gasteiger partial charge in [0.05, 0.1) is 24.3 Å². The van der Waals surface area contributed by atoms with E-state index in [1.54, 1.807) is 19.1 Å². The van der Waals surface area contributed by atoms with E-state index in [0.29, 0.717) is 36.9 Å². The molecule has 92 valence electrons. The molecule has 17 heavy (non-hydrogen) atoms. The summed E-state index contributed by atoms with van der Waals surface area (Å²) in [4.78, 5) is 11.8. The molecule has 0 unspecified atom stereocenters. The van der Waals surface area contributed by atoms with Crippen molar-refractivity contribution in [1.82, 2.24) is 0 Å². The molecular formula is C12H13BrO4. The summed E-state index contributed by atoms with van der Waals surface area (Å²) in [5, 5.41) is 0. The fourth-order valence-electron chi connectivity index (χ4n) is 1.59. The molecule has 0 saturated carbocycles. The Balaban J connectivity index is 2.43. The Labute approximate surface area is 108 Å². The zero-order valence-corrected chi connectivity index (χ0v) is 11.1. The predicted octanol–water partition coefficient (Wildman–Crippen LogP) is 2.79. The fraction of sp³-hybridized carbons (Fsp3) is 0.417. The Hall–Kier alpha value is -1.23. The summed E-state index contributed by atoms with van der Waals surface area (Å²) < 4.78 is 16.9. The highest BCUT2D eigenvalue weighted by Gasteiger charge is 2.22. The number of carbonyl (C=O) groups excluding carboxylic acids is 1. The lowest BCUT2D eigenvalue weighted by Gasteiger charge is -2.12. The monoisotopic (exact) mass is 300 g/mol. The highest BCUT2D eigenvalue weighted by atomic mass is 79.9. The molecule has 2 rings (SSSR count). The number of esters is 1. The van der Waals surface area contributed by atoms with Crippen LogP contribution < -0.4 is 9.47 Å². The first kappa shape index (κ1) is 12.2. The molecule has 0 radical (unpaired) electrons. The number of hydrogen-bond donors (Lipinski definition) is 0. The number of halogens is 1. The van der Waals surface area contributed by atoms with Crippen LogP contribution in [0.15, 0.2) is 16.6 Å². The van der Waals surface area contributed by atoms with Crippen molar-refractivity contribution in [3.8, 4) is 11.5 Å². The highest BCUT2D eigenvalue weighted by molar-refractivity contribution is 9.10. The van der Waals surface area contributed by atoms with Gasteiger partial charge in [0.1, 0.15) is 5.56 Å².